The predicted octanol–water partition coefficient (Wildman–Crippen LogP) is 1.32. The summed E-state index contributed by atoms with van der Waals surface area (Å²) >= 11 is 1.11. The van der Waals surface area contributed by atoms with Gasteiger partial charge < -0.3 is 21.1 Å². The highest BCUT2D eigenvalue weighted by atomic mass is 32.1. The van der Waals surface area contributed by atoms with E-state index in [1.54, 1.807) is 29.6 Å². The highest BCUT2D eigenvalue weighted by Crippen LogP contribution is 2.18. The summed E-state index contributed by atoms with van der Waals surface area (Å²) < 4.78 is 3.66. The largest absolute Gasteiger partial charge is 0.480 e. The van der Waals surface area contributed by atoms with Crippen molar-refractivity contribution in [2.45, 2.75) is 25.8 Å². The molecule has 0 radical (unpaired) electrons. The second kappa shape index (κ2) is 9.27. The fourth-order valence-corrected chi connectivity index (χ4v) is 3.15. The molecule has 156 valence electrons. The average molecular weight is 429 g/mol. The van der Waals surface area contributed by atoms with Gasteiger partial charge in [0.05, 0.1) is 5.38 Å². The summed E-state index contributed by atoms with van der Waals surface area (Å²) in [5.41, 5.74) is -0.252. The molecule has 0 spiro atoms. The summed E-state index contributed by atoms with van der Waals surface area (Å²) in [4.78, 5) is 47.4. The lowest BCUT2D eigenvalue weighted by Crippen LogP contribution is -2.42. The number of anilines is 3. The van der Waals surface area contributed by atoms with E-state index in [2.05, 4.69) is 25.5 Å². The first-order valence-electron chi connectivity index (χ1n) is 9.14. The molecule has 0 aliphatic heterocycles. The number of amides is 1. The molecule has 0 saturated carbocycles. The Balaban J connectivity index is 1.68. The molecule has 0 unspecified atom stereocenters. The maximum atomic E-state index is 12.2. The molecule has 1 atom stereocenters. The molecule has 10 nitrogen and oxygen atoms in total. The number of aliphatic carboxylic acids is 1. The van der Waals surface area contributed by atoms with Gasteiger partial charge in [-0.3, -0.25) is 14.4 Å². The number of nitrogens with one attached hydrogen (secondary N) is 3. The van der Waals surface area contributed by atoms with Crippen molar-refractivity contribution in [3.8, 4) is 0 Å². The second-order valence-electron chi connectivity index (χ2n) is 6.52. The van der Waals surface area contributed by atoms with Crippen molar-refractivity contribution < 1.29 is 14.7 Å². The Morgan fingerprint density at radius 2 is 1.83 bits per heavy atom. The van der Waals surface area contributed by atoms with Crippen LogP contribution >= 0.6 is 11.5 Å². The number of carbonyl (C=O) groups is 2. The number of hydrogen-bond acceptors (Lipinski definition) is 9. The van der Waals surface area contributed by atoms with E-state index in [4.69, 9.17) is 0 Å². The molecule has 4 N–H and O–H groups in total. The average Bonchev–Trinajstić information content (AvgIpc) is 3.25. The summed E-state index contributed by atoms with van der Waals surface area (Å²) in [6.45, 7) is 2.40. The number of rotatable bonds is 10. The number of nitrogens with zero attached hydrogens (tertiary/aromatic N) is 2. The minimum Gasteiger partial charge on any atom is -0.480 e. The van der Waals surface area contributed by atoms with Gasteiger partial charge in [-0.2, -0.15) is 0 Å². The Labute approximate surface area is 174 Å². The van der Waals surface area contributed by atoms with E-state index in [0.717, 1.165) is 18.0 Å². The van der Waals surface area contributed by atoms with Crippen molar-refractivity contribution in [2.75, 3.05) is 22.5 Å². The van der Waals surface area contributed by atoms with E-state index in [0.29, 0.717) is 23.5 Å². The van der Waals surface area contributed by atoms with Crippen LogP contribution in [0.3, 0.4) is 0 Å². The van der Waals surface area contributed by atoms with Crippen LogP contribution in [0.25, 0.3) is 0 Å². The maximum absolute atomic E-state index is 12.2. The zero-order valence-corrected chi connectivity index (χ0v) is 16.8. The monoisotopic (exact) mass is 429 g/mol. The zero-order valence-electron chi connectivity index (χ0n) is 16.0. The summed E-state index contributed by atoms with van der Waals surface area (Å²) in [5.74, 6) is -1.18. The summed E-state index contributed by atoms with van der Waals surface area (Å²) in [6.07, 6.45) is 0.804. The minimum atomic E-state index is -1.16. The van der Waals surface area contributed by atoms with E-state index in [1.165, 1.54) is 0 Å². The van der Waals surface area contributed by atoms with Crippen molar-refractivity contribution in [3.63, 3.8) is 0 Å². The number of benzene rings is 1. The van der Waals surface area contributed by atoms with Crippen molar-refractivity contribution in [3.05, 3.63) is 61.2 Å². The van der Waals surface area contributed by atoms with Gasteiger partial charge in [0.2, 0.25) is 0 Å². The number of hydrogen-bond donors (Lipinski definition) is 4. The number of aromatic nitrogens is 2. The second-order valence-corrected chi connectivity index (χ2v) is 7.13. The molecule has 1 heterocycles. The Bertz CT molecular complexity index is 1100. The molecule has 1 amide bonds. The molecular formula is C19H19N5O5S. The summed E-state index contributed by atoms with van der Waals surface area (Å²) in [7, 11) is 0. The van der Waals surface area contributed by atoms with Crippen molar-refractivity contribution in [1.29, 1.82) is 0 Å². The molecule has 0 saturated heterocycles. The normalized spacial score (nSPS) is 11.8. The molecule has 1 aromatic heterocycles. The van der Waals surface area contributed by atoms with E-state index in [1.807, 2.05) is 6.92 Å². The van der Waals surface area contributed by atoms with Crippen molar-refractivity contribution >= 4 is 40.6 Å². The van der Waals surface area contributed by atoms with Gasteiger partial charge in [-0.25, -0.2) is 4.79 Å². The van der Waals surface area contributed by atoms with Crippen LogP contribution in [0.5, 0.6) is 0 Å². The fourth-order valence-electron chi connectivity index (χ4n) is 2.76. The highest BCUT2D eigenvalue weighted by Gasteiger charge is 2.26. The SMILES string of the molecule is CCCNc1c(N[C@@H](Cc2ccc(C(=O)Nc3csnn3)cc2)C(=O)O)c(=O)c1=O. The standard InChI is InChI=1S/C19H19N5O5S/c1-2-7-20-14-15(17(26)16(14)25)21-12(19(28)29)8-10-3-5-11(6-4-10)18(27)22-13-9-30-24-23-13/h3-6,9,12,20-21H,2,7-8H2,1H3,(H,22,27)(H,28,29)/t12-/m0/s1. The Morgan fingerprint density at radius 1 is 1.13 bits per heavy atom. The maximum Gasteiger partial charge on any atom is 0.326 e. The molecule has 0 fully saturated rings. The van der Waals surface area contributed by atoms with Gasteiger partial charge in [0.25, 0.3) is 16.8 Å². The van der Waals surface area contributed by atoms with Gasteiger partial charge in [0.15, 0.2) is 5.82 Å². The lowest BCUT2D eigenvalue weighted by molar-refractivity contribution is -0.137. The molecule has 30 heavy (non-hydrogen) atoms. The lowest BCUT2D eigenvalue weighted by atomic mass is 10.0. The number of carbonyl (C=O) groups excluding carboxylic acids is 1. The molecule has 11 heteroatoms. The van der Waals surface area contributed by atoms with Crippen LogP contribution in [0.15, 0.2) is 39.2 Å². The van der Waals surface area contributed by atoms with Crippen LogP contribution in [0.4, 0.5) is 17.2 Å². The van der Waals surface area contributed by atoms with Crippen LogP contribution in [-0.4, -0.2) is 39.2 Å². The third-order valence-corrected chi connectivity index (χ3v) is 4.84. The minimum absolute atomic E-state index is 0.00581. The van der Waals surface area contributed by atoms with Crippen molar-refractivity contribution in [2.24, 2.45) is 0 Å². The summed E-state index contributed by atoms with van der Waals surface area (Å²) in [5, 5.41) is 23.0. The van der Waals surface area contributed by atoms with E-state index in [-0.39, 0.29) is 23.7 Å². The highest BCUT2D eigenvalue weighted by molar-refractivity contribution is 7.03. The molecule has 3 rings (SSSR count). The predicted molar refractivity (Wildman–Crippen MR) is 113 cm³/mol. The Kier molecular flexibility index (Phi) is 6.52. The first-order valence-corrected chi connectivity index (χ1v) is 9.98. The van der Waals surface area contributed by atoms with Crippen LogP contribution in [0.2, 0.25) is 0 Å². The van der Waals surface area contributed by atoms with Gasteiger partial charge >= 0.3 is 5.97 Å². The topological polar surface area (TPSA) is 150 Å². The van der Waals surface area contributed by atoms with Gasteiger partial charge in [-0.1, -0.05) is 23.5 Å². The third kappa shape index (κ3) is 4.69. The first-order chi connectivity index (χ1) is 14.4. The van der Waals surface area contributed by atoms with E-state index < -0.39 is 22.9 Å². The van der Waals surface area contributed by atoms with Crippen molar-refractivity contribution in [1.82, 2.24) is 9.59 Å². The molecule has 2 aromatic carbocycles. The molecule has 0 aliphatic rings. The first kappa shape index (κ1) is 21.1. The smallest absolute Gasteiger partial charge is 0.326 e. The molecule has 0 bridgehead atoms. The van der Waals surface area contributed by atoms with Crippen LogP contribution in [-0.2, 0) is 11.2 Å². The van der Waals surface area contributed by atoms with Gasteiger partial charge in [-0.15, -0.1) is 5.10 Å². The molecular weight excluding hydrogens is 410 g/mol. The Morgan fingerprint density at radius 3 is 2.43 bits per heavy atom. The lowest BCUT2D eigenvalue weighted by Gasteiger charge is -2.19. The van der Waals surface area contributed by atoms with Crippen LogP contribution in [0.1, 0.15) is 29.3 Å². The molecule has 3 aromatic rings. The van der Waals surface area contributed by atoms with E-state index >= 15 is 0 Å². The molecule has 0 aliphatic carbocycles. The van der Waals surface area contributed by atoms with Crippen LogP contribution < -0.4 is 26.8 Å². The number of carboxylic acid groups (broad SMARTS) is 1. The van der Waals surface area contributed by atoms with Gasteiger partial charge in [0.1, 0.15) is 17.4 Å². The van der Waals surface area contributed by atoms with Crippen LogP contribution in [0, 0.1) is 0 Å². The summed E-state index contributed by atoms with van der Waals surface area (Å²) in [6, 6.07) is 5.27. The van der Waals surface area contributed by atoms with Gasteiger partial charge in [0, 0.05) is 18.5 Å². The Hall–Kier alpha value is -3.60. The third-order valence-electron chi connectivity index (χ3n) is 4.34. The fraction of sp³-hybridized carbons (Fsp3) is 0.263. The zero-order chi connectivity index (χ0) is 21.7. The quantitative estimate of drug-likeness (QED) is 0.350. The van der Waals surface area contributed by atoms with Gasteiger partial charge in [-0.05, 0) is 35.6 Å². The number of carboxylic acids is 1. The van der Waals surface area contributed by atoms with E-state index in [9.17, 15) is 24.3 Å².